The van der Waals surface area contributed by atoms with Gasteiger partial charge in [-0.1, -0.05) is 30.3 Å². The van der Waals surface area contributed by atoms with Crippen molar-refractivity contribution in [2.75, 3.05) is 27.2 Å². The van der Waals surface area contributed by atoms with E-state index in [1.165, 1.54) is 20.2 Å². The Morgan fingerprint density at radius 1 is 1.14 bits per heavy atom. The van der Waals surface area contributed by atoms with E-state index >= 15 is 0 Å². The zero-order valence-electron chi connectivity index (χ0n) is 17.7. The molecule has 0 heterocycles. The number of sulfonamides is 1. The lowest BCUT2D eigenvalue weighted by Gasteiger charge is -2.17. The second-order valence-corrected chi connectivity index (χ2v) is 9.36. The van der Waals surface area contributed by atoms with Crippen LogP contribution in [0.3, 0.4) is 0 Å². The van der Waals surface area contributed by atoms with Crippen LogP contribution in [0.5, 0.6) is 0 Å². The molecule has 1 amide bonds. The zero-order chi connectivity index (χ0) is 21.6. The van der Waals surface area contributed by atoms with Gasteiger partial charge in [0.15, 0.2) is 0 Å². The van der Waals surface area contributed by atoms with Crippen molar-refractivity contribution in [2.24, 2.45) is 0 Å². The fraction of sp³-hybridized carbons (Fsp3) is 0.409. The Morgan fingerprint density at radius 2 is 1.79 bits per heavy atom. The molecule has 158 valence electrons. The molecule has 0 saturated heterocycles. The second-order valence-electron chi connectivity index (χ2n) is 7.24. The van der Waals surface area contributed by atoms with Gasteiger partial charge < -0.3 is 10.1 Å². The fourth-order valence-corrected chi connectivity index (χ4v) is 4.10. The normalized spacial score (nSPS) is 12.8. The summed E-state index contributed by atoms with van der Waals surface area (Å²) in [5.41, 5.74) is 2.87. The highest BCUT2D eigenvalue weighted by Gasteiger charge is 2.22. The number of ether oxygens (including phenoxy) is 1. The van der Waals surface area contributed by atoms with Crippen LogP contribution in [0.15, 0.2) is 47.4 Å². The van der Waals surface area contributed by atoms with Gasteiger partial charge in [-0.25, -0.2) is 12.7 Å². The van der Waals surface area contributed by atoms with Gasteiger partial charge in [-0.15, -0.1) is 0 Å². The van der Waals surface area contributed by atoms with Crippen molar-refractivity contribution >= 4 is 15.9 Å². The molecule has 0 aromatic heterocycles. The van der Waals surface area contributed by atoms with E-state index in [0.717, 1.165) is 15.4 Å². The number of nitrogens with zero attached hydrogens (tertiary/aromatic N) is 1. The molecule has 2 aromatic rings. The topological polar surface area (TPSA) is 75.7 Å². The summed E-state index contributed by atoms with van der Waals surface area (Å²) in [6, 6.07) is 13.1. The van der Waals surface area contributed by atoms with Gasteiger partial charge >= 0.3 is 0 Å². The molecule has 0 aliphatic carbocycles. The Balaban J connectivity index is 1.93. The molecule has 6 nitrogen and oxygen atoms in total. The van der Waals surface area contributed by atoms with E-state index in [-0.39, 0.29) is 16.9 Å². The van der Waals surface area contributed by atoms with Gasteiger partial charge in [0, 0.05) is 32.8 Å². The minimum absolute atomic E-state index is 0.00884. The van der Waals surface area contributed by atoms with Gasteiger partial charge in [0.2, 0.25) is 10.0 Å². The van der Waals surface area contributed by atoms with Gasteiger partial charge in [-0.3, -0.25) is 4.79 Å². The first kappa shape index (κ1) is 23.1. The predicted octanol–water partition coefficient (Wildman–Crippen LogP) is 3.45. The summed E-state index contributed by atoms with van der Waals surface area (Å²) in [6.07, 6.45) is 0.654. The molecule has 0 spiro atoms. The van der Waals surface area contributed by atoms with Crippen molar-refractivity contribution in [2.45, 2.75) is 38.2 Å². The first-order valence-electron chi connectivity index (χ1n) is 9.63. The third kappa shape index (κ3) is 5.88. The Hall–Kier alpha value is -2.22. The van der Waals surface area contributed by atoms with Crippen molar-refractivity contribution in [3.8, 4) is 0 Å². The molecule has 0 fully saturated rings. The van der Waals surface area contributed by atoms with Crippen LogP contribution in [0.25, 0.3) is 0 Å². The van der Waals surface area contributed by atoms with E-state index in [0.29, 0.717) is 30.7 Å². The van der Waals surface area contributed by atoms with E-state index in [2.05, 4.69) is 5.32 Å². The number of benzene rings is 2. The molecule has 1 atom stereocenters. The Labute approximate surface area is 173 Å². The predicted molar refractivity (Wildman–Crippen MR) is 115 cm³/mol. The first-order chi connectivity index (χ1) is 13.6. The Morgan fingerprint density at radius 3 is 2.41 bits per heavy atom. The van der Waals surface area contributed by atoms with Crippen LogP contribution in [0, 0.1) is 13.8 Å². The van der Waals surface area contributed by atoms with E-state index < -0.39 is 10.0 Å². The number of hydrogen-bond donors (Lipinski definition) is 1. The summed E-state index contributed by atoms with van der Waals surface area (Å²) in [5, 5.41) is 2.84. The molecule has 0 bridgehead atoms. The van der Waals surface area contributed by atoms with E-state index in [1.54, 1.807) is 19.9 Å². The number of nitrogens with one attached hydrogen (secondary N) is 1. The van der Waals surface area contributed by atoms with Crippen LogP contribution in [0.4, 0.5) is 0 Å². The number of amides is 1. The number of carbonyl (C=O) groups excluding carboxylic acids is 1. The van der Waals surface area contributed by atoms with Gasteiger partial charge in [-0.05, 0) is 56.0 Å². The highest BCUT2D eigenvalue weighted by Crippen LogP contribution is 2.23. The van der Waals surface area contributed by atoms with Crippen LogP contribution in [0.2, 0.25) is 0 Å². The van der Waals surface area contributed by atoms with Gasteiger partial charge in [0.05, 0.1) is 11.0 Å². The highest BCUT2D eigenvalue weighted by molar-refractivity contribution is 7.89. The molecule has 1 unspecified atom stereocenters. The quantitative estimate of drug-likeness (QED) is 0.633. The molecule has 2 rings (SSSR count). The summed E-state index contributed by atoms with van der Waals surface area (Å²) < 4.78 is 32.0. The average molecular weight is 419 g/mol. The minimum atomic E-state index is -3.62. The van der Waals surface area contributed by atoms with Gasteiger partial charge in [-0.2, -0.15) is 0 Å². The van der Waals surface area contributed by atoms with Crippen LogP contribution in [0.1, 0.15) is 46.5 Å². The van der Waals surface area contributed by atoms with Crippen LogP contribution < -0.4 is 5.32 Å². The lowest BCUT2D eigenvalue weighted by Crippen LogP contribution is -2.27. The van der Waals surface area contributed by atoms with Crippen LogP contribution in [-0.2, 0) is 14.8 Å². The van der Waals surface area contributed by atoms with Crippen molar-refractivity contribution in [1.29, 1.82) is 0 Å². The van der Waals surface area contributed by atoms with E-state index in [9.17, 15) is 13.2 Å². The molecule has 0 radical (unpaired) electrons. The van der Waals surface area contributed by atoms with Gasteiger partial charge in [0.1, 0.15) is 0 Å². The largest absolute Gasteiger partial charge is 0.374 e. The number of hydrogen-bond acceptors (Lipinski definition) is 4. The third-order valence-corrected chi connectivity index (χ3v) is 6.83. The summed E-state index contributed by atoms with van der Waals surface area (Å²) in [4.78, 5) is 12.7. The summed E-state index contributed by atoms with van der Waals surface area (Å²) in [5.74, 6) is -0.292. The first-order valence-corrected chi connectivity index (χ1v) is 11.1. The molecule has 1 N–H and O–H groups in total. The number of carbonyl (C=O) groups is 1. The van der Waals surface area contributed by atoms with Crippen LogP contribution in [-0.4, -0.2) is 45.9 Å². The smallest absolute Gasteiger partial charge is 0.251 e. The average Bonchev–Trinajstić information content (AvgIpc) is 2.69. The molecule has 2 aromatic carbocycles. The second kappa shape index (κ2) is 10.0. The fourth-order valence-electron chi connectivity index (χ4n) is 2.88. The third-order valence-electron chi connectivity index (χ3n) is 4.88. The lowest BCUT2D eigenvalue weighted by atomic mass is 10.1. The minimum Gasteiger partial charge on any atom is -0.374 e. The molecular formula is C22H30N2O4S. The number of aryl methyl sites for hydroxylation is 1. The molecule has 7 heteroatoms. The maximum absolute atomic E-state index is 12.5. The molecule has 0 saturated carbocycles. The molecule has 0 aliphatic heterocycles. The monoisotopic (exact) mass is 418 g/mol. The number of rotatable bonds is 9. The Bertz CT molecular complexity index is 941. The van der Waals surface area contributed by atoms with E-state index in [4.69, 9.17) is 4.74 Å². The maximum Gasteiger partial charge on any atom is 0.251 e. The molecular weight excluding hydrogens is 388 g/mol. The molecule has 29 heavy (non-hydrogen) atoms. The van der Waals surface area contributed by atoms with E-state index in [1.807, 2.05) is 37.3 Å². The zero-order valence-corrected chi connectivity index (χ0v) is 18.5. The summed E-state index contributed by atoms with van der Waals surface area (Å²) >= 11 is 0. The van der Waals surface area contributed by atoms with Gasteiger partial charge in [0.25, 0.3) is 5.91 Å². The standard InChI is InChI=1S/C22H30N2O4S/c1-16-14-20(15-21(17(16)2)29(26,27)24(4)5)22(25)23-12-9-13-28-18(3)19-10-7-6-8-11-19/h6-8,10-11,14-15,18H,9,12-13H2,1-5H3,(H,23,25). The molecule has 0 aliphatic rings. The van der Waals surface area contributed by atoms with Crippen molar-refractivity contribution in [1.82, 2.24) is 9.62 Å². The summed E-state index contributed by atoms with van der Waals surface area (Å²) in [6.45, 7) is 6.51. The van der Waals surface area contributed by atoms with Crippen molar-refractivity contribution in [3.05, 3.63) is 64.7 Å². The Kier molecular flexibility index (Phi) is 7.96. The lowest BCUT2D eigenvalue weighted by molar-refractivity contribution is 0.0635. The SMILES string of the molecule is Cc1cc(C(=O)NCCCOC(C)c2ccccc2)cc(S(=O)(=O)N(C)C)c1C. The maximum atomic E-state index is 12.5. The van der Waals surface area contributed by atoms with Crippen LogP contribution >= 0.6 is 0 Å². The van der Waals surface area contributed by atoms with Crippen molar-refractivity contribution in [3.63, 3.8) is 0 Å². The van der Waals surface area contributed by atoms with Crippen molar-refractivity contribution < 1.29 is 17.9 Å². The highest BCUT2D eigenvalue weighted by atomic mass is 32.2. The summed E-state index contributed by atoms with van der Waals surface area (Å²) in [7, 11) is -0.659.